The second kappa shape index (κ2) is 8.19. The van der Waals surface area contributed by atoms with E-state index in [1.54, 1.807) is 31.4 Å². The van der Waals surface area contributed by atoms with Crippen LogP contribution in [0.25, 0.3) is 0 Å². The van der Waals surface area contributed by atoms with E-state index in [1.165, 1.54) is 25.6 Å². The van der Waals surface area contributed by atoms with Crippen LogP contribution in [0.4, 0.5) is 0 Å². The average molecular weight is 356 g/mol. The highest BCUT2D eigenvalue weighted by Crippen LogP contribution is 2.31. The molecule has 2 aromatic rings. The summed E-state index contributed by atoms with van der Waals surface area (Å²) in [4.78, 5) is 13.4. The minimum Gasteiger partial charge on any atom is -0.493 e. The Balaban J connectivity index is 2.10. The fourth-order valence-electron chi connectivity index (χ4n) is 2.15. The minimum atomic E-state index is -0.259. The van der Waals surface area contributed by atoms with Gasteiger partial charge in [0, 0.05) is 18.5 Å². The third kappa shape index (κ3) is 4.16. The Morgan fingerprint density at radius 2 is 2.00 bits per heavy atom. The van der Waals surface area contributed by atoms with Gasteiger partial charge in [0.05, 0.1) is 24.1 Å². The van der Waals surface area contributed by atoms with Gasteiger partial charge in [-0.2, -0.15) is 0 Å². The summed E-state index contributed by atoms with van der Waals surface area (Å²) in [6, 6.07) is 8.85. The number of halogens is 1. The molecule has 0 saturated carbocycles. The Bertz CT molecular complexity index is 674. The van der Waals surface area contributed by atoms with E-state index in [0.29, 0.717) is 27.9 Å². The van der Waals surface area contributed by atoms with Crippen molar-refractivity contribution in [3.8, 4) is 11.5 Å². The van der Waals surface area contributed by atoms with Gasteiger partial charge in [0.15, 0.2) is 11.5 Å². The number of ether oxygens (including phenoxy) is 3. The van der Waals surface area contributed by atoms with Crippen molar-refractivity contribution in [1.82, 2.24) is 5.32 Å². The summed E-state index contributed by atoms with van der Waals surface area (Å²) < 4.78 is 16.6. The van der Waals surface area contributed by atoms with Gasteiger partial charge >= 0.3 is 0 Å². The molecule has 1 heterocycles. The van der Waals surface area contributed by atoms with Crippen molar-refractivity contribution in [1.29, 1.82) is 0 Å². The standard InChI is InChI=1S/C16H18ClNO4S/c1-20-11-6-4-5-10(15(11)22-3)16(19)18-9-12(21-2)13-7-8-14(17)23-13/h4-8,12H,9H2,1-3H3,(H,18,19). The molecule has 0 aliphatic carbocycles. The maximum absolute atomic E-state index is 12.4. The van der Waals surface area contributed by atoms with Crippen molar-refractivity contribution in [3.63, 3.8) is 0 Å². The molecule has 23 heavy (non-hydrogen) atoms. The Kier molecular flexibility index (Phi) is 6.27. The van der Waals surface area contributed by atoms with Crippen molar-refractivity contribution >= 4 is 28.8 Å². The Labute approximate surface area is 144 Å². The van der Waals surface area contributed by atoms with Gasteiger partial charge in [-0.25, -0.2) is 0 Å². The number of para-hydroxylation sites is 1. The van der Waals surface area contributed by atoms with Crippen LogP contribution in [0.2, 0.25) is 4.34 Å². The van der Waals surface area contributed by atoms with Gasteiger partial charge in [-0.3, -0.25) is 4.79 Å². The quantitative estimate of drug-likeness (QED) is 0.825. The second-order valence-electron chi connectivity index (χ2n) is 4.62. The van der Waals surface area contributed by atoms with Crippen molar-refractivity contribution in [3.05, 3.63) is 45.1 Å². The zero-order valence-corrected chi connectivity index (χ0v) is 14.7. The highest BCUT2D eigenvalue weighted by Gasteiger charge is 2.19. The molecule has 5 nitrogen and oxygen atoms in total. The molecule has 7 heteroatoms. The molecule has 1 aromatic heterocycles. The van der Waals surface area contributed by atoms with E-state index in [9.17, 15) is 4.79 Å². The first-order valence-corrected chi connectivity index (χ1v) is 8.07. The van der Waals surface area contributed by atoms with E-state index in [-0.39, 0.29) is 12.0 Å². The van der Waals surface area contributed by atoms with Gasteiger partial charge in [-0.15, -0.1) is 11.3 Å². The number of thiophene rings is 1. The van der Waals surface area contributed by atoms with Crippen molar-refractivity contribution in [2.75, 3.05) is 27.9 Å². The predicted molar refractivity (Wildman–Crippen MR) is 91.0 cm³/mol. The second-order valence-corrected chi connectivity index (χ2v) is 6.36. The fraction of sp³-hybridized carbons (Fsp3) is 0.312. The van der Waals surface area contributed by atoms with E-state index in [4.69, 9.17) is 25.8 Å². The van der Waals surface area contributed by atoms with Crippen LogP contribution in [0.1, 0.15) is 21.3 Å². The third-order valence-corrected chi connectivity index (χ3v) is 4.61. The van der Waals surface area contributed by atoms with Gasteiger partial charge in [0.1, 0.15) is 6.10 Å². The number of rotatable bonds is 7. The van der Waals surface area contributed by atoms with Gasteiger partial charge in [-0.1, -0.05) is 17.7 Å². The molecule has 0 aliphatic rings. The molecular formula is C16H18ClNO4S. The number of amides is 1. The zero-order valence-electron chi connectivity index (χ0n) is 13.1. The maximum Gasteiger partial charge on any atom is 0.255 e. The summed E-state index contributed by atoms with van der Waals surface area (Å²) in [5, 5.41) is 2.85. The summed E-state index contributed by atoms with van der Waals surface area (Å²) in [5.74, 6) is 0.652. The number of nitrogens with one attached hydrogen (secondary N) is 1. The van der Waals surface area contributed by atoms with Gasteiger partial charge in [0.2, 0.25) is 0 Å². The van der Waals surface area contributed by atoms with Crippen LogP contribution < -0.4 is 14.8 Å². The van der Waals surface area contributed by atoms with Crippen LogP contribution in [0.5, 0.6) is 11.5 Å². The molecule has 124 valence electrons. The normalized spacial score (nSPS) is 11.8. The highest BCUT2D eigenvalue weighted by atomic mass is 35.5. The number of carbonyl (C=O) groups excluding carboxylic acids is 1. The summed E-state index contributed by atoms with van der Waals surface area (Å²) in [6.45, 7) is 0.326. The van der Waals surface area contributed by atoms with Crippen molar-refractivity contribution in [2.24, 2.45) is 0 Å². The van der Waals surface area contributed by atoms with Gasteiger partial charge < -0.3 is 19.5 Å². The molecule has 0 aliphatic heterocycles. The largest absolute Gasteiger partial charge is 0.493 e. The van der Waals surface area contributed by atoms with Crippen molar-refractivity contribution < 1.29 is 19.0 Å². The Morgan fingerprint density at radius 3 is 2.57 bits per heavy atom. The van der Waals surface area contributed by atoms with Crippen LogP contribution in [-0.2, 0) is 4.74 Å². The lowest BCUT2D eigenvalue weighted by molar-refractivity contribution is 0.0835. The first kappa shape index (κ1) is 17.6. The molecule has 2 rings (SSSR count). The lowest BCUT2D eigenvalue weighted by Gasteiger charge is -2.16. The summed E-state index contributed by atoms with van der Waals surface area (Å²) in [5.41, 5.74) is 0.408. The fourth-order valence-corrected chi connectivity index (χ4v) is 3.29. The highest BCUT2D eigenvalue weighted by molar-refractivity contribution is 7.16. The molecule has 1 unspecified atom stereocenters. The third-order valence-electron chi connectivity index (χ3n) is 3.29. The average Bonchev–Trinajstić information content (AvgIpc) is 3.00. The lowest BCUT2D eigenvalue weighted by atomic mass is 10.1. The first-order chi connectivity index (χ1) is 11.1. The number of carbonyl (C=O) groups is 1. The van der Waals surface area contributed by atoms with E-state index in [1.807, 2.05) is 6.07 Å². The molecule has 1 atom stereocenters. The molecule has 0 fully saturated rings. The van der Waals surface area contributed by atoms with E-state index >= 15 is 0 Å². The van der Waals surface area contributed by atoms with Crippen LogP contribution in [0, 0.1) is 0 Å². The lowest BCUT2D eigenvalue weighted by Crippen LogP contribution is -2.29. The maximum atomic E-state index is 12.4. The number of benzene rings is 1. The molecule has 0 bridgehead atoms. The Morgan fingerprint density at radius 1 is 1.22 bits per heavy atom. The van der Waals surface area contributed by atoms with E-state index in [0.717, 1.165) is 4.88 Å². The molecule has 1 aromatic carbocycles. The summed E-state index contributed by atoms with van der Waals surface area (Å²) in [6.07, 6.45) is -0.256. The monoisotopic (exact) mass is 355 g/mol. The molecule has 1 amide bonds. The van der Waals surface area contributed by atoms with Crippen molar-refractivity contribution in [2.45, 2.75) is 6.10 Å². The number of hydrogen-bond donors (Lipinski definition) is 1. The molecular weight excluding hydrogens is 338 g/mol. The smallest absolute Gasteiger partial charge is 0.255 e. The zero-order chi connectivity index (χ0) is 16.8. The van der Waals surface area contributed by atoms with E-state index in [2.05, 4.69) is 5.32 Å². The van der Waals surface area contributed by atoms with Gasteiger partial charge in [-0.05, 0) is 24.3 Å². The molecule has 0 spiro atoms. The minimum absolute atomic E-state index is 0.256. The van der Waals surface area contributed by atoms with Crippen LogP contribution in [-0.4, -0.2) is 33.8 Å². The Hall–Kier alpha value is -1.76. The molecule has 0 radical (unpaired) electrons. The molecule has 1 N–H and O–H groups in total. The van der Waals surface area contributed by atoms with Gasteiger partial charge in [0.25, 0.3) is 5.91 Å². The number of hydrogen-bond acceptors (Lipinski definition) is 5. The predicted octanol–water partition coefficient (Wildman–Crippen LogP) is 3.54. The van der Waals surface area contributed by atoms with Crippen LogP contribution in [0.3, 0.4) is 0 Å². The first-order valence-electron chi connectivity index (χ1n) is 6.88. The van der Waals surface area contributed by atoms with Crippen LogP contribution >= 0.6 is 22.9 Å². The summed E-state index contributed by atoms with van der Waals surface area (Å²) in [7, 11) is 4.62. The van der Waals surface area contributed by atoms with Crippen LogP contribution in [0.15, 0.2) is 30.3 Å². The SMILES string of the molecule is COc1cccc(C(=O)NCC(OC)c2ccc(Cl)s2)c1OC. The number of methoxy groups -OCH3 is 3. The molecule has 0 saturated heterocycles. The van der Waals surface area contributed by atoms with E-state index < -0.39 is 0 Å². The topological polar surface area (TPSA) is 56.8 Å². The summed E-state index contributed by atoms with van der Waals surface area (Å²) >= 11 is 7.36.